The number of thiazole rings is 1. The highest BCUT2D eigenvalue weighted by Crippen LogP contribution is 2.25. The van der Waals surface area contributed by atoms with Crippen LogP contribution in [-0.4, -0.2) is 24.8 Å². The van der Waals surface area contributed by atoms with E-state index in [1.54, 1.807) is 37.5 Å². The molecule has 0 aliphatic carbocycles. The largest absolute Gasteiger partial charge is 0.468 e. The summed E-state index contributed by atoms with van der Waals surface area (Å²) in [6.07, 6.45) is 3.13. The number of methoxy groups -OCH3 is 1. The third kappa shape index (κ3) is 5.47. The van der Waals surface area contributed by atoms with Crippen molar-refractivity contribution in [1.82, 2.24) is 4.98 Å². The van der Waals surface area contributed by atoms with Crippen LogP contribution in [0.25, 0.3) is 17.3 Å². The zero-order chi connectivity index (χ0) is 19.1. The number of carbonyl (C=O) groups excluding carboxylic acids is 1. The SMILES string of the molecule is COCOc1ccc(/C=C/C(=O)Nc2nc(-c3ccc(F)cc3)cs2)cc1. The highest BCUT2D eigenvalue weighted by molar-refractivity contribution is 7.14. The van der Waals surface area contributed by atoms with Crippen molar-refractivity contribution >= 4 is 28.5 Å². The minimum absolute atomic E-state index is 0.186. The summed E-state index contributed by atoms with van der Waals surface area (Å²) < 4.78 is 23.1. The average molecular weight is 384 g/mol. The van der Waals surface area contributed by atoms with Crippen molar-refractivity contribution < 1.29 is 18.7 Å². The number of amides is 1. The summed E-state index contributed by atoms with van der Waals surface area (Å²) in [5.74, 6) is 0.107. The molecule has 0 fully saturated rings. The van der Waals surface area contributed by atoms with E-state index in [0.29, 0.717) is 16.6 Å². The number of carbonyl (C=O) groups is 1. The summed E-state index contributed by atoms with van der Waals surface area (Å²) in [7, 11) is 1.56. The van der Waals surface area contributed by atoms with E-state index < -0.39 is 0 Å². The molecular formula is C20H17FN2O3S. The first-order chi connectivity index (χ1) is 13.1. The minimum atomic E-state index is -0.300. The molecule has 138 valence electrons. The molecule has 3 rings (SSSR count). The molecule has 0 saturated heterocycles. The van der Waals surface area contributed by atoms with Crippen LogP contribution >= 0.6 is 11.3 Å². The second kappa shape index (κ2) is 9.07. The van der Waals surface area contributed by atoms with Crippen LogP contribution in [0.4, 0.5) is 9.52 Å². The van der Waals surface area contributed by atoms with Gasteiger partial charge in [0.15, 0.2) is 11.9 Å². The maximum Gasteiger partial charge on any atom is 0.250 e. The number of benzene rings is 2. The molecule has 3 aromatic rings. The average Bonchev–Trinajstić information content (AvgIpc) is 3.14. The van der Waals surface area contributed by atoms with E-state index in [9.17, 15) is 9.18 Å². The smallest absolute Gasteiger partial charge is 0.250 e. The lowest BCUT2D eigenvalue weighted by atomic mass is 10.2. The van der Waals surface area contributed by atoms with Crippen LogP contribution in [0, 0.1) is 5.82 Å². The summed E-state index contributed by atoms with van der Waals surface area (Å²) in [4.78, 5) is 16.4. The number of hydrogen-bond donors (Lipinski definition) is 1. The molecular weight excluding hydrogens is 367 g/mol. The van der Waals surface area contributed by atoms with Crippen LogP contribution in [-0.2, 0) is 9.53 Å². The van der Waals surface area contributed by atoms with Crippen molar-refractivity contribution in [2.24, 2.45) is 0 Å². The van der Waals surface area contributed by atoms with Gasteiger partial charge in [-0.05, 0) is 48.0 Å². The van der Waals surface area contributed by atoms with Gasteiger partial charge in [0.1, 0.15) is 11.6 Å². The van der Waals surface area contributed by atoms with E-state index in [-0.39, 0.29) is 18.5 Å². The predicted octanol–water partition coefficient (Wildman–Crippen LogP) is 4.58. The summed E-state index contributed by atoms with van der Waals surface area (Å²) in [5, 5.41) is 5.01. The van der Waals surface area contributed by atoms with Crippen LogP contribution in [0.2, 0.25) is 0 Å². The zero-order valence-corrected chi connectivity index (χ0v) is 15.3. The fourth-order valence-electron chi connectivity index (χ4n) is 2.21. The molecule has 0 aliphatic heterocycles. The van der Waals surface area contributed by atoms with Crippen molar-refractivity contribution in [3.63, 3.8) is 0 Å². The van der Waals surface area contributed by atoms with Gasteiger partial charge < -0.3 is 9.47 Å². The standard InChI is InChI=1S/C20H17FN2O3S/c1-25-13-26-17-9-2-14(3-10-17)4-11-19(24)23-20-22-18(12-27-20)15-5-7-16(21)8-6-15/h2-12H,13H2,1H3,(H,22,23,24)/b11-4+. The van der Waals surface area contributed by atoms with Crippen molar-refractivity contribution in [2.75, 3.05) is 19.2 Å². The molecule has 1 aromatic heterocycles. The number of halogens is 1. The van der Waals surface area contributed by atoms with Crippen molar-refractivity contribution in [3.05, 3.63) is 71.4 Å². The first-order valence-electron chi connectivity index (χ1n) is 8.06. The first-order valence-corrected chi connectivity index (χ1v) is 8.94. The third-order valence-electron chi connectivity index (χ3n) is 3.53. The van der Waals surface area contributed by atoms with Crippen LogP contribution in [0.3, 0.4) is 0 Å². The molecule has 0 atom stereocenters. The number of nitrogens with one attached hydrogen (secondary N) is 1. The van der Waals surface area contributed by atoms with Crippen LogP contribution in [0.15, 0.2) is 60.0 Å². The molecule has 1 amide bonds. The second-order valence-corrected chi connectivity index (χ2v) is 6.35. The molecule has 5 nitrogen and oxygen atoms in total. The Morgan fingerprint density at radius 3 is 2.63 bits per heavy atom. The van der Waals surface area contributed by atoms with Gasteiger partial charge in [0.05, 0.1) is 5.69 Å². The van der Waals surface area contributed by atoms with Gasteiger partial charge in [-0.15, -0.1) is 11.3 Å². The van der Waals surface area contributed by atoms with Gasteiger partial charge in [-0.2, -0.15) is 0 Å². The predicted molar refractivity (Wildman–Crippen MR) is 104 cm³/mol. The lowest BCUT2D eigenvalue weighted by Crippen LogP contribution is -2.07. The normalized spacial score (nSPS) is 10.9. The molecule has 2 aromatic carbocycles. The molecule has 1 heterocycles. The van der Waals surface area contributed by atoms with Crippen LogP contribution < -0.4 is 10.1 Å². The summed E-state index contributed by atoms with van der Waals surface area (Å²) >= 11 is 1.31. The highest BCUT2D eigenvalue weighted by Gasteiger charge is 2.06. The second-order valence-electron chi connectivity index (χ2n) is 5.49. The molecule has 0 saturated carbocycles. The maximum atomic E-state index is 13.0. The number of anilines is 1. The van der Waals surface area contributed by atoms with Crippen molar-refractivity contribution in [3.8, 4) is 17.0 Å². The Morgan fingerprint density at radius 2 is 1.93 bits per heavy atom. The minimum Gasteiger partial charge on any atom is -0.468 e. The molecule has 1 N–H and O–H groups in total. The Hall–Kier alpha value is -3.03. The number of nitrogens with zero attached hydrogens (tertiary/aromatic N) is 1. The zero-order valence-electron chi connectivity index (χ0n) is 14.5. The van der Waals surface area contributed by atoms with Crippen molar-refractivity contribution in [1.29, 1.82) is 0 Å². The van der Waals surface area contributed by atoms with E-state index in [1.165, 1.54) is 29.5 Å². The van der Waals surface area contributed by atoms with E-state index in [4.69, 9.17) is 9.47 Å². The molecule has 0 spiro atoms. The summed E-state index contributed by atoms with van der Waals surface area (Å²) in [5.41, 5.74) is 2.34. The fraction of sp³-hybridized carbons (Fsp3) is 0.100. The quantitative estimate of drug-likeness (QED) is 0.478. The molecule has 27 heavy (non-hydrogen) atoms. The maximum absolute atomic E-state index is 13.0. The highest BCUT2D eigenvalue weighted by atomic mass is 32.1. The summed E-state index contributed by atoms with van der Waals surface area (Å²) in [6.45, 7) is 0.186. The fourth-order valence-corrected chi connectivity index (χ4v) is 2.93. The topological polar surface area (TPSA) is 60.5 Å². The number of aromatic nitrogens is 1. The van der Waals surface area contributed by atoms with Gasteiger partial charge in [-0.1, -0.05) is 12.1 Å². The summed E-state index contributed by atoms with van der Waals surface area (Å²) in [6, 6.07) is 13.3. The van der Waals surface area contributed by atoms with Gasteiger partial charge in [0.2, 0.25) is 5.91 Å². The van der Waals surface area contributed by atoms with Gasteiger partial charge in [0, 0.05) is 24.1 Å². The van der Waals surface area contributed by atoms with Crippen molar-refractivity contribution in [2.45, 2.75) is 0 Å². The lowest BCUT2D eigenvalue weighted by molar-refractivity contribution is -0.111. The molecule has 0 radical (unpaired) electrons. The molecule has 0 unspecified atom stereocenters. The number of ether oxygens (including phenoxy) is 2. The monoisotopic (exact) mass is 384 g/mol. The molecule has 7 heteroatoms. The Kier molecular flexibility index (Phi) is 6.30. The van der Waals surface area contributed by atoms with E-state index in [2.05, 4.69) is 10.3 Å². The Labute approximate surface area is 160 Å². The van der Waals surface area contributed by atoms with Crippen LogP contribution in [0.1, 0.15) is 5.56 Å². The Bertz CT molecular complexity index is 921. The van der Waals surface area contributed by atoms with E-state index in [0.717, 1.165) is 11.1 Å². The van der Waals surface area contributed by atoms with Gasteiger partial charge in [-0.25, -0.2) is 9.37 Å². The molecule has 0 bridgehead atoms. The van der Waals surface area contributed by atoms with Gasteiger partial charge in [-0.3, -0.25) is 10.1 Å². The van der Waals surface area contributed by atoms with Gasteiger partial charge in [0.25, 0.3) is 0 Å². The number of rotatable bonds is 7. The lowest BCUT2D eigenvalue weighted by Gasteiger charge is -2.04. The van der Waals surface area contributed by atoms with E-state index in [1.807, 2.05) is 17.5 Å². The van der Waals surface area contributed by atoms with Gasteiger partial charge >= 0.3 is 0 Å². The Balaban J connectivity index is 1.57. The molecule has 0 aliphatic rings. The third-order valence-corrected chi connectivity index (χ3v) is 4.28. The van der Waals surface area contributed by atoms with E-state index >= 15 is 0 Å². The Morgan fingerprint density at radius 1 is 1.19 bits per heavy atom. The number of hydrogen-bond acceptors (Lipinski definition) is 5. The first kappa shape index (κ1) is 18.8. The van der Waals surface area contributed by atoms with Crippen LogP contribution in [0.5, 0.6) is 5.75 Å².